The summed E-state index contributed by atoms with van der Waals surface area (Å²) in [5.74, 6) is 0. The molecule has 0 unspecified atom stereocenters. The highest BCUT2D eigenvalue weighted by molar-refractivity contribution is 4.52. The zero-order chi connectivity index (χ0) is 25.0. The molecule has 0 aliphatic rings. The Morgan fingerprint density at radius 1 is 0.364 bits per heavy atom. The van der Waals surface area contributed by atoms with Gasteiger partial charge in [0, 0.05) is 0 Å². The first-order valence-corrected chi connectivity index (χ1v) is 15.5. The molecule has 0 aromatic rings. The van der Waals surface area contributed by atoms with E-state index in [-0.39, 0.29) is 0 Å². The third kappa shape index (κ3) is 28.3. The molecule has 0 spiro atoms. The molecule has 202 valence electrons. The Bertz CT molecular complexity index is 332. The Kier molecular flexibility index (Phi) is 30.3. The molecule has 4 nitrogen and oxygen atoms in total. The normalized spacial score (nSPS) is 11.6. The highest BCUT2D eigenvalue weighted by atomic mass is 35.6. The molecule has 0 aromatic heterocycles. The van der Waals surface area contributed by atoms with E-state index in [1.54, 1.807) is 0 Å². The van der Waals surface area contributed by atoms with Crippen LogP contribution >= 0.6 is 0 Å². The molecule has 5 heteroatoms. The molecule has 0 saturated heterocycles. The van der Waals surface area contributed by atoms with Gasteiger partial charge in [0.1, 0.15) is 0 Å². The number of quaternary nitrogens is 1. The lowest BCUT2D eigenvalue weighted by Gasteiger charge is -2.39. The highest BCUT2D eigenvalue weighted by Crippen LogP contribution is 2.18. The van der Waals surface area contributed by atoms with Crippen molar-refractivity contribution >= 4 is 0 Å². The quantitative estimate of drug-likeness (QED) is 0.120. The molecule has 0 rings (SSSR count). The van der Waals surface area contributed by atoms with E-state index in [0.717, 1.165) is 0 Å². The summed E-state index contributed by atoms with van der Waals surface area (Å²) in [6.07, 6.45) is 28.9. The Morgan fingerprint density at radius 3 is 0.848 bits per heavy atom. The van der Waals surface area contributed by atoms with Crippen molar-refractivity contribution in [1.29, 1.82) is 0 Å². The molecule has 0 bridgehead atoms. The minimum atomic E-state index is -2.85. The van der Waals surface area contributed by atoms with E-state index in [1.807, 2.05) is 0 Å². The van der Waals surface area contributed by atoms with Crippen LogP contribution in [-0.2, 0) is 0 Å². The van der Waals surface area contributed by atoms with Gasteiger partial charge in [0.05, 0.1) is 37.0 Å². The van der Waals surface area contributed by atoms with E-state index < -0.39 is 10.8 Å². The van der Waals surface area contributed by atoms with E-state index >= 15 is 0 Å². The van der Waals surface area contributed by atoms with Gasteiger partial charge in [-0.25, -0.2) is 0 Å². The monoisotopic (exact) mass is 493 g/mol. The molecule has 0 fully saturated rings. The topological polar surface area (TPSA) is 69.2 Å². The van der Waals surface area contributed by atoms with Gasteiger partial charge < -0.3 is 18.5 Å². The average Bonchev–Trinajstić information content (AvgIpc) is 2.79. The molecular weight excluding hydrogens is 434 g/mol. The maximum Gasteiger partial charge on any atom is 0.0786 e. The van der Waals surface area contributed by atoms with Gasteiger partial charge in [0.15, 0.2) is 0 Å². The van der Waals surface area contributed by atoms with Crippen molar-refractivity contribution in [3.63, 3.8) is 0 Å². The number of nitrogens with zero attached hydrogens (tertiary/aromatic N) is 1. The summed E-state index contributed by atoms with van der Waals surface area (Å²) in [7, 11) is -2.85. The zero-order valence-corrected chi connectivity index (χ0v) is 23.8. The fourth-order valence-corrected chi connectivity index (χ4v) is 4.79. The van der Waals surface area contributed by atoms with Crippen molar-refractivity contribution in [2.75, 3.05) is 26.2 Å². The third-order valence-electron chi connectivity index (χ3n) is 6.94. The summed E-state index contributed by atoms with van der Waals surface area (Å²) in [5, 5.41) is 0. The van der Waals surface area contributed by atoms with Gasteiger partial charge in [-0.3, -0.25) is 0 Å². The molecule has 33 heavy (non-hydrogen) atoms. The van der Waals surface area contributed by atoms with E-state index in [1.165, 1.54) is 159 Å². The second-order valence-corrected chi connectivity index (χ2v) is 10.5. The summed E-state index contributed by atoms with van der Waals surface area (Å²) < 4.78 is 26.7. The molecule has 0 N–H and O–H groups in total. The first-order chi connectivity index (χ1) is 16.0. The van der Waals surface area contributed by atoms with Crippen LogP contribution in [0.15, 0.2) is 0 Å². The molecule has 0 radical (unpaired) electrons. The van der Waals surface area contributed by atoms with Gasteiger partial charge in [-0.05, 0) is 32.1 Å². The first-order valence-electron chi connectivity index (χ1n) is 14.6. The highest BCUT2D eigenvalue weighted by Gasteiger charge is 2.24. The maximum absolute atomic E-state index is 8.41. The molecular formula is C28H60ClNO3. The minimum Gasteiger partial charge on any atom is -0.357 e. The van der Waals surface area contributed by atoms with E-state index in [0.29, 0.717) is 0 Å². The van der Waals surface area contributed by atoms with Crippen molar-refractivity contribution in [1.82, 2.24) is 0 Å². The van der Waals surface area contributed by atoms with Crippen LogP contribution < -0.4 is 14.0 Å². The standard InChI is InChI=1S/C28H60N.ClO3/c1-5-9-13-14-15-16-17-18-19-20-21-22-23-24-28-29(25-10-6-2,26-11-7-3)27-12-8-4;2-1(3)4/h5-28H2,1-4H3;/q+1;-1. The summed E-state index contributed by atoms with van der Waals surface area (Å²) in [4.78, 5) is 0. The van der Waals surface area contributed by atoms with Gasteiger partial charge in [0.2, 0.25) is 0 Å². The lowest BCUT2D eigenvalue weighted by Crippen LogP contribution is -2.50. The van der Waals surface area contributed by atoms with Crippen LogP contribution in [0.1, 0.15) is 156 Å². The molecule has 0 heterocycles. The van der Waals surface area contributed by atoms with Crippen molar-refractivity contribution < 1.29 is 29.2 Å². The summed E-state index contributed by atoms with van der Waals surface area (Å²) >= 11 is 0. The second-order valence-electron chi connectivity index (χ2n) is 10.1. The van der Waals surface area contributed by atoms with Crippen molar-refractivity contribution in [3.05, 3.63) is 0 Å². The number of hydrogen-bond acceptors (Lipinski definition) is 3. The molecule has 0 atom stereocenters. The number of hydrogen-bond donors (Lipinski definition) is 0. The smallest absolute Gasteiger partial charge is 0.0786 e. The number of halogens is 1. The second kappa shape index (κ2) is 28.4. The first kappa shape index (κ1) is 35.3. The van der Waals surface area contributed by atoms with Gasteiger partial charge in [-0.15, -0.1) is 0 Å². The number of rotatable bonds is 24. The fourth-order valence-electron chi connectivity index (χ4n) is 4.79. The molecule has 0 saturated carbocycles. The Morgan fingerprint density at radius 2 is 0.576 bits per heavy atom. The van der Waals surface area contributed by atoms with E-state index in [4.69, 9.17) is 14.0 Å². The van der Waals surface area contributed by atoms with Crippen molar-refractivity contribution in [2.24, 2.45) is 0 Å². The Labute approximate surface area is 211 Å². The molecule has 0 aliphatic carbocycles. The fraction of sp³-hybridized carbons (Fsp3) is 1.00. The van der Waals surface area contributed by atoms with E-state index in [9.17, 15) is 0 Å². The van der Waals surface area contributed by atoms with Gasteiger partial charge >= 0.3 is 0 Å². The summed E-state index contributed by atoms with van der Waals surface area (Å²) in [6.45, 7) is 15.2. The van der Waals surface area contributed by atoms with Crippen LogP contribution in [-0.4, -0.2) is 30.7 Å². The third-order valence-corrected chi connectivity index (χ3v) is 6.94. The van der Waals surface area contributed by atoms with Crippen LogP contribution in [0.25, 0.3) is 0 Å². The molecule has 0 amide bonds. The lowest BCUT2D eigenvalue weighted by molar-refractivity contribution is -1.73. The largest absolute Gasteiger partial charge is 0.357 e. The molecule has 0 aromatic carbocycles. The van der Waals surface area contributed by atoms with Gasteiger partial charge in [0.25, 0.3) is 0 Å². The van der Waals surface area contributed by atoms with Crippen LogP contribution in [0.5, 0.6) is 0 Å². The predicted octanol–water partition coefficient (Wildman–Crippen LogP) is 6.12. The van der Waals surface area contributed by atoms with Crippen molar-refractivity contribution in [2.45, 2.75) is 156 Å². The van der Waals surface area contributed by atoms with Gasteiger partial charge in [-0.2, -0.15) is 0 Å². The predicted molar refractivity (Wildman–Crippen MR) is 135 cm³/mol. The minimum absolute atomic E-state index is 1.36. The zero-order valence-electron chi connectivity index (χ0n) is 23.0. The van der Waals surface area contributed by atoms with Crippen LogP contribution in [0.4, 0.5) is 0 Å². The van der Waals surface area contributed by atoms with Crippen LogP contribution in [0.2, 0.25) is 0 Å². The van der Waals surface area contributed by atoms with E-state index in [2.05, 4.69) is 27.7 Å². The van der Waals surface area contributed by atoms with Crippen LogP contribution in [0, 0.1) is 10.8 Å². The summed E-state index contributed by atoms with van der Waals surface area (Å²) in [6, 6.07) is 0. The maximum atomic E-state index is 8.41. The Hall–Kier alpha value is 0.130. The number of unbranched alkanes of at least 4 members (excludes halogenated alkanes) is 16. The van der Waals surface area contributed by atoms with Gasteiger partial charge in [-0.1, -0.05) is 124 Å². The molecule has 0 aliphatic heterocycles. The van der Waals surface area contributed by atoms with Crippen molar-refractivity contribution in [3.8, 4) is 0 Å². The van der Waals surface area contributed by atoms with Crippen LogP contribution in [0.3, 0.4) is 0 Å². The SMILES string of the molecule is CCCCCCCCCCCCCCCC[N+](CCCC)(CCCC)CCCC.[O-][Cl+2]([O-])[O-]. The Balaban J connectivity index is 0. The lowest BCUT2D eigenvalue weighted by atomic mass is 10.0. The average molecular weight is 494 g/mol. The summed E-state index contributed by atoms with van der Waals surface area (Å²) in [5.41, 5.74) is 0.